The summed E-state index contributed by atoms with van der Waals surface area (Å²) in [7, 11) is 0. The third kappa shape index (κ3) is 2.84. The summed E-state index contributed by atoms with van der Waals surface area (Å²) in [6, 6.07) is 5.08. The zero-order valence-corrected chi connectivity index (χ0v) is 12.7. The van der Waals surface area contributed by atoms with E-state index in [1.54, 1.807) is 0 Å². The summed E-state index contributed by atoms with van der Waals surface area (Å²) in [6.45, 7) is 4.71. The van der Waals surface area contributed by atoms with E-state index in [9.17, 15) is 0 Å². The molecule has 1 aliphatic heterocycles. The van der Waals surface area contributed by atoms with Crippen molar-refractivity contribution in [1.29, 1.82) is 0 Å². The van der Waals surface area contributed by atoms with Gasteiger partial charge in [-0.1, -0.05) is 22.9 Å². The van der Waals surface area contributed by atoms with Gasteiger partial charge in [-0.15, -0.1) is 11.3 Å². The van der Waals surface area contributed by atoms with Crippen molar-refractivity contribution in [2.75, 3.05) is 11.9 Å². The standard InChI is InChI=1S/C11H15Br2NS/c1-8-4-5-14(10(8)6-12)7-9-2-3-11(13)15-9/h2-3,8,10H,4-7H2,1H3. The van der Waals surface area contributed by atoms with Crippen LogP contribution in [0.4, 0.5) is 0 Å². The maximum absolute atomic E-state index is 3.63. The molecule has 0 aliphatic carbocycles. The van der Waals surface area contributed by atoms with E-state index in [2.05, 4.69) is 55.8 Å². The molecule has 0 spiro atoms. The number of alkyl halides is 1. The maximum Gasteiger partial charge on any atom is 0.0701 e. The maximum atomic E-state index is 3.63. The zero-order chi connectivity index (χ0) is 10.8. The van der Waals surface area contributed by atoms with Gasteiger partial charge in [0.25, 0.3) is 0 Å². The smallest absolute Gasteiger partial charge is 0.0701 e. The average molecular weight is 353 g/mol. The molecule has 2 unspecified atom stereocenters. The fourth-order valence-electron chi connectivity index (χ4n) is 2.17. The number of hydrogen-bond acceptors (Lipinski definition) is 2. The Labute approximate surface area is 112 Å². The molecule has 1 saturated heterocycles. The molecule has 1 fully saturated rings. The van der Waals surface area contributed by atoms with Gasteiger partial charge in [-0.3, -0.25) is 4.90 Å². The molecule has 1 aromatic rings. The molecule has 0 aromatic carbocycles. The molecule has 4 heteroatoms. The normalized spacial score (nSPS) is 27.4. The van der Waals surface area contributed by atoms with Crippen LogP contribution in [0.3, 0.4) is 0 Å². The predicted octanol–water partition coefficient (Wildman–Crippen LogP) is 4.12. The molecule has 0 amide bonds. The molecule has 0 saturated carbocycles. The number of rotatable bonds is 3. The lowest BCUT2D eigenvalue weighted by atomic mass is 10.1. The average Bonchev–Trinajstić information content (AvgIpc) is 2.75. The second-order valence-electron chi connectivity index (χ2n) is 4.16. The third-order valence-electron chi connectivity index (χ3n) is 3.14. The van der Waals surface area contributed by atoms with Crippen LogP contribution < -0.4 is 0 Å². The molecule has 1 nitrogen and oxygen atoms in total. The highest BCUT2D eigenvalue weighted by molar-refractivity contribution is 9.11. The van der Waals surface area contributed by atoms with E-state index in [-0.39, 0.29) is 0 Å². The number of halogens is 2. The highest BCUT2D eigenvalue weighted by Gasteiger charge is 2.30. The Bertz CT molecular complexity index is 326. The van der Waals surface area contributed by atoms with Crippen molar-refractivity contribution in [3.8, 4) is 0 Å². The summed E-state index contributed by atoms with van der Waals surface area (Å²) in [5, 5.41) is 1.10. The van der Waals surface area contributed by atoms with Gasteiger partial charge in [0.05, 0.1) is 3.79 Å². The van der Waals surface area contributed by atoms with Gasteiger partial charge >= 0.3 is 0 Å². The number of hydrogen-bond donors (Lipinski definition) is 0. The number of nitrogens with zero attached hydrogens (tertiary/aromatic N) is 1. The number of thiophene rings is 1. The molecule has 1 aliphatic rings. The SMILES string of the molecule is CC1CCN(Cc2ccc(Br)s2)C1CBr. The first-order valence-corrected chi connectivity index (χ1v) is 7.98. The Kier molecular flexibility index (Phi) is 4.27. The quantitative estimate of drug-likeness (QED) is 0.739. The Morgan fingerprint density at radius 3 is 2.93 bits per heavy atom. The van der Waals surface area contributed by atoms with E-state index in [4.69, 9.17) is 0 Å². The van der Waals surface area contributed by atoms with E-state index in [0.717, 1.165) is 17.8 Å². The van der Waals surface area contributed by atoms with Crippen LogP contribution >= 0.6 is 43.2 Å². The molecule has 84 valence electrons. The van der Waals surface area contributed by atoms with Gasteiger partial charge in [0, 0.05) is 22.8 Å². The van der Waals surface area contributed by atoms with Crippen LogP contribution in [0.2, 0.25) is 0 Å². The Morgan fingerprint density at radius 2 is 2.33 bits per heavy atom. The summed E-state index contributed by atoms with van der Waals surface area (Å²) in [5.74, 6) is 0.827. The van der Waals surface area contributed by atoms with Crippen LogP contribution in [0.5, 0.6) is 0 Å². The van der Waals surface area contributed by atoms with Gasteiger partial charge < -0.3 is 0 Å². The summed E-state index contributed by atoms with van der Waals surface area (Å²) in [4.78, 5) is 4.06. The Balaban J connectivity index is 2.00. The highest BCUT2D eigenvalue weighted by atomic mass is 79.9. The monoisotopic (exact) mass is 351 g/mol. The molecule has 2 rings (SSSR count). The number of likely N-dealkylation sites (tertiary alicyclic amines) is 1. The van der Waals surface area contributed by atoms with Crippen molar-refractivity contribution in [2.24, 2.45) is 5.92 Å². The van der Waals surface area contributed by atoms with Gasteiger partial charge in [-0.05, 0) is 46.9 Å². The largest absolute Gasteiger partial charge is 0.294 e. The second kappa shape index (κ2) is 5.30. The minimum absolute atomic E-state index is 0.714. The van der Waals surface area contributed by atoms with Crippen molar-refractivity contribution in [2.45, 2.75) is 25.9 Å². The molecule has 2 heterocycles. The third-order valence-corrected chi connectivity index (χ3v) is 5.42. The van der Waals surface area contributed by atoms with Crippen molar-refractivity contribution in [3.63, 3.8) is 0 Å². The Hall–Kier alpha value is 0.620. The van der Waals surface area contributed by atoms with Crippen molar-refractivity contribution < 1.29 is 0 Å². The summed E-state index contributed by atoms with van der Waals surface area (Å²) in [6.07, 6.45) is 1.34. The van der Waals surface area contributed by atoms with Crippen molar-refractivity contribution in [3.05, 3.63) is 20.8 Å². The van der Waals surface area contributed by atoms with Crippen LogP contribution in [-0.4, -0.2) is 22.8 Å². The zero-order valence-electron chi connectivity index (χ0n) is 8.75. The van der Waals surface area contributed by atoms with Crippen molar-refractivity contribution in [1.82, 2.24) is 4.90 Å². The first-order chi connectivity index (χ1) is 7.20. The first-order valence-electron chi connectivity index (χ1n) is 5.25. The Morgan fingerprint density at radius 1 is 1.53 bits per heavy atom. The van der Waals surface area contributed by atoms with Crippen LogP contribution in [-0.2, 0) is 6.54 Å². The van der Waals surface area contributed by atoms with Crippen LogP contribution in [0.1, 0.15) is 18.2 Å². The van der Waals surface area contributed by atoms with E-state index >= 15 is 0 Å². The fourth-order valence-corrected chi connectivity index (χ4v) is 4.73. The van der Waals surface area contributed by atoms with E-state index in [1.807, 2.05) is 11.3 Å². The van der Waals surface area contributed by atoms with E-state index in [0.29, 0.717) is 6.04 Å². The summed E-state index contributed by atoms with van der Waals surface area (Å²) in [5.41, 5.74) is 0. The predicted molar refractivity (Wildman–Crippen MR) is 73.8 cm³/mol. The van der Waals surface area contributed by atoms with Crippen molar-refractivity contribution >= 4 is 43.2 Å². The van der Waals surface area contributed by atoms with Gasteiger partial charge in [0.1, 0.15) is 0 Å². The fraction of sp³-hybridized carbons (Fsp3) is 0.636. The van der Waals surface area contributed by atoms with Gasteiger partial charge in [0.2, 0.25) is 0 Å². The molecule has 1 aromatic heterocycles. The second-order valence-corrected chi connectivity index (χ2v) is 7.36. The van der Waals surface area contributed by atoms with Crippen LogP contribution in [0.25, 0.3) is 0 Å². The lowest BCUT2D eigenvalue weighted by Gasteiger charge is -2.24. The molecule has 0 radical (unpaired) electrons. The first kappa shape index (κ1) is 12.1. The summed E-state index contributed by atoms with van der Waals surface area (Å²) >= 11 is 8.99. The highest BCUT2D eigenvalue weighted by Crippen LogP contribution is 2.29. The topological polar surface area (TPSA) is 3.24 Å². The molecular weight excluding hydrogens is 338 g/mol. The van der Waals surface area contributed by atoms with Crippen LogP contribution in [0.15, 0.2) is 15.9 Å². The molecule has 15 heavy (non-hydrogen) atoms. The van der Waals surface area contributed by atoms with Crippen LogP contribution in [0, 0.1) is 5.92 Å². The molecular formula is C11H15Br2NS. The minimum atomic E-state index is 0.714. The molecule has 2 atom stereocenters. The minimum Gasteiger partial charge on any atom is -0.294 e. The van der Waals surface area contributed by atoms with Gasteiger partial charge in [0.15, 0.2) is 0 Å². The lowest BCUT2D eigenvalue weighted by Crippen LogP contribution is -2.32. The van der Waals surface area contributed by atoms with Gasteiger partial charge in [-0.2, -0.15) is 0 Å². The van der Waals surface area contributed by atoms with E-state index in [1.165, 1.54) is 21.6 Å². The molecule has 0 N–H and O–H groups in total. The lowest BCUT2D eigenvalue weighted by molar-refractivity contribution is 0.246. The van der Waals surface area contributed by atoms with E-state index < -0.39 is 0 Å². The van der Waals surface area contributed by atoms with Gasteiger partial charge in [-0.25, -0.2) is 0 Å². The molecule has 0 bridgehead atoms. The summed E-state index contributed by atoms with van der Waals surface area (Å²) < 4.78 is 1.24.